The fourth-order valence-electron chi connectivity index (χ4n) is 3.10. The number of carbonyl (C=O) groups excluding carboxylic acids is 1. The molecule has 1 saturated carbocycles. The summed E-state index contributed by atoms with van der Waals surface area (Å²) in [5.41, 5.74) is 0.303. The molecule has 1 aliphatic carbocycles. The Morgan fingerprint density at radius 1 is 1.43 bits per heavy atom. The molecule has 1 aromatic heterocycles. The van der Waals surface area contributed by atoms with Gasteiger partial charge in [-0.15, -0.1) is 0 Å². The Hall–Kier alpha value is -1.65. The number of nitrogens with zero attached hydrogens (tertiary/aromatic N) is 2. The molecule has 0 aliphatic heterocycles. The van der Waals surface area contributed by atoms with Crippen LogP contribution >= 0.6 is 0 Å². The molecule has 1 aromatic rings. The van der Waals surface area contributed by atoms with Crippen molar-refractivity contribution in [2.45, 2.75) is 45.1 Å². The second kappa shape index (κ2) is 6.87. The number of nitrogens with one attached hydrogen (secondary N) is 1. The first-order valence-electron chi connectivity index (χ1n) is 7.67. The predicted octanol–water partition coefficient (Wildman–Crippen LogP) is 3.30. The Kier molecular flexibility index (Phi) is 5.15. The lowest BCUT2D eigenvalue weighted by Gasteiger charge is -2.34. The van der Waals surface area contributed by atoms with E-state index in [-0.39, 0.29) is 11.9 Å². The van der Waals surface area contributed by atoms with Crippen molar-refractivity contribution < 1.29 is 9.18 Å². The molecular formula is C16H24FN3O. The highest BCUT2D eigenvalue weighted by Crippen LogP contribution is 2.30. The maximum atomic E-state index is 13.4. The zero-order valence-electron chi connectivity index (χ0n) is 13.0. The normalized spacial score (nSPS) is 21.9. The summed E-state index contributed by atoms with van der Waals surface area (Å²) in [5, 5.41) is 2.85. The van der Waals surface area contributed by atoms with E-state index in [9.17, 15) is 9.18 Å². The summed E-state index contributed by atoms with van der Waals surface area (Å²) >= 11 is 0. The fraction of sp³-hybridized carbons (Fsp3) is 0.625. The zero-order chi connectivity index (χ0) is 15.4. The van der Waals surface area contributed by atoms with E-state index in [1.165, 1.54) is 25.3 Å². The van der Waals surface area contributed by atoms with Crippen LogP contribution in [-0.4, -0.2) is 35.9 Å². The Balaban J connectivity index is 2.11. The average molecular weight is 293 g/mol. The number of carbonyl (C=O) groups is 1. The van der Waals surface area contributed by atoms with E-state index in [4.69, 9.17) is 0 Å². The first kappa shape index (κ1) is 15.7. The van der Waals surface area contributed by atoms with Gasteiger partial charge in [-0.3, -0.25) is 4.79 Å². The van der Waals surface area contributed by atoms with Crippen LogP contribution in [0.5, 0.6) is 0 Å². The van der Waals surface area contributed by atoms with Crippen molar-refractivity contribution in [1.29, 1.82) is 0 Å². The second-order valence-electron chi connectivity index (χ2n) is 5.80. The quantitative estimate of drug-likeness (QED) is 0.926. The van der Waals surface area contributed by atoms with Crippen molar-refractivity contribution in [2.75, 3.05) is 19.4 Å². The SMILES string of the molecule is CCC1CCC(N(C)C(=O)c2cc(F)cnc2NC)CC1. The number of amides is 1. The van der Waals surface area contributed by atoms with Gasteiger partial charge in [0.25, 0.3) is 5.91 Å². The summed E-state index contributed by atoms with van der Waals surface area (Å²) in [5.74, 6) is 0.565. The minimum Gasteiger partial charge on any atom is -0.372 e. The second-order valence-corrected chi connectivity index (χ2v) is 5.80. The topological polar surface area (TPSA) is 45.2 Å². The summed E-state index contributed by atoms with van der Waals surface area (Å²) in [7, 11) is 3.49. The molecule has 1 N–H and O–H groups in total. The van der Waals surface area contributed by atoms with Crippen LogP contribution in [0, 0.1) is 11.7 Å². The molecule has 0 aromatic carbocycles. The number of aromatic nitrogens is 1. The van der Waals surface area contributed by atoms with Gasteiger partial charge in [0.05, 0.1) is 11.8 Å². The number of hydrogen-bond acceptors (Lipinski definition) is 3. The third kappa shape index (κ3) is 3.52. The summed E-state index contributed by atoms with van der Waals surface area (Å²) in [4.78, 5) is 18.3. The van der Waals surface area contributed by atoms with Gasteiger partial charge >= 0.3 is 0 Å². The van der Waals surface area contributed by atoms with E-state index in [0.29, 0.717) is 11.4 Å². The highest BCUT2D eigenvalue weighted by molar-refractivity contribution is 5.98. The van der Waals surface area contributed by atoms with Gasteiger partial charge < -0.3 is 10.2 Å². The van der Waals surface area contributed by atoms with E-state index in [2.05, 4.69) is 17.2 Å². The van der Waals surface area contributed by atoms with E-state index in [1.807, 2.05) is 7.05 Å². The molecule has 0 radical (unpaired) electrons. The van der Waals surface area contributed by atoms with E-state index < -0.39 is 5.82 Å². The standard InChI is InChI=1S/C16H24FN3O/c1-4-11-5-7-13(8-6-11)20(3)16(21)14-9-12(17)10-19-15(14)18-2/h9-11,13H,4-8H2,1-3H3,(H,18,19). The molecule has 116 valence electrons. The number of pyridine rings is 1. The van der Waals surface area contributed by atoms with Gasteiger partial charge in [0.15, 0.2) is 0 Å². The van der Waals surface area contributed by atoms with E-state index in [1.54, 1.807) is 11.9 Å². The van der Waals surface area contributed by atoms with Gasteiger partial charge in [-0.25, -0.2) is 9.37 Å². The molecule has 0 unspecified atom stereocenters. The van der Waals surface area contributed by atoms with Gasteiger partial charge in [-0.1, -0.05) is 13.3 Å². The van der Waals surface area contributed by atoms with Gasteiger partial charge in [-0.05, 0) is 37.7 Å². The minimum atomic E-state index is -0.486. The van der Waals surface area contributed by atoms with Gasteiger partial charge in [0.1, 0.15) is 11.6 Å². The average Bonchev–Trinajstić information content (AvgIpc) is 2.53. The third-order valence-electron chi connectivity index (χ3n) is 4.58. The van der Waals surface area contributed by atoms with Gasteiger partial charge in [0, 0.05) is 20.1 Å². The van der Waals surface area contributed by atoms with E-state index >= 15 is 0 Å². The highest BCUT2D eigenvalue weighted by atomic mass is 19.1. The Morgan fingerprint density at radius 2 is 2.10 bits per heavy atom. The molecule has 1 amide bonds. The molecule has 1 aliphatic rings. The molecule has 4 nitrogen and oxygen atoms in total. The lowest BCUT2D eigenvalue weighted by molar-refractivity contribution is 0.0675. The van der Waals surface area contributed by atoms with Crippen molar-refractivity contribution in [1.82, 2.24) is 9.88 Å². The number of anilines is 1. The van der Waals surface area contributed by atoms with Crippen LogP contribution in [0.25, 0.3) is 0 Å². The molecule has 0 spiro atoms. The number of rotatable bonds is 4. The molecule has 5 heteroatoms. The van der Waals surface area contributed by atoms with Crippen LogP contribution in [0.2, 0.25) is 0 Å². The number of hydrogen-bond donors (Lipinski definition) is 1. The number of halogens is 1. The van der Waals surface area contributed by atoms with Crippen LogP contribution in [0.1, 0.15) is 49.4 Å². The zero-order valence-corrected chi connectivity index (χ0v) is 13.0. The predicted molar refractivity (Wildman–Crippen MR) is 81.9 cm³/mol. The van der Waals surface area contributed by atoms with Crippen molar-refractivity contribution in [2.24, 2.45) is 5.92 Å². The van der Waals surface area contributed by atoms with Crippen LogP contribution in [0.4, 0.5) is 10.2 Å². The molecule has 0 bridgehead atoms. The minimum absolute atomic E-state index is 0.161. The Labute approximate surface area is 125 Å². The fourth-order valence-corrected chi connectivity index (χ4v) is 3.10. The third-order valence-corrected chi connectivity index (χ3v) is 4.58. The Bertz CT molecular complexity index is 498. The van der Waals surface area contributed by atoms with Crippen LogP contribution in [0.3, 0.4) is 0 Å². The lowest BCUT2D eigenvalue weighted by atomic mass is 9.84. The summed E-state index contributed by atoms with van der Waals surface area (Å²) in [6.07, 6.45) is 6.71. The van der Waals surface area contributed by atoms with Gasteiger partial charge in [-0.2, -0.15) is 0 Å². The molecular weight excluding hydrogens is 269 g/mol. The van der Waals surface area contributed by atoms with Crippen molar-refractivity contribution in [3.63, 3.8) is 0 Å². The maximum Gasteiger partial charge on any atom is 0.257 e. The van der Waals surface area contributed by atoms with Crippen molar-refractivity contribution in [3.05, 3.63) is 23.6 Å². The summed E-state index contributed by atoms with van der Waals surface area (Å²) in [6, 6.07) is 1.50. The first-order valence-corrected chi connectivity index (χ1v) is 7.67. The molecule has 2 rings (SSSR count). The molecule has 1 fully saturated rings. The summed E-state index contributed by atoms with van der Waals surface area (Å²) in [6.45, 7) is 2.22. The van der Waals surface area contributed by atoms with Gasteiger partial charge in [0.2, 0.25) is 0 Å². The van der Waals surface area contributed by atoms with Crippen molar-refractivity contribution >= 4 is 11.7 Å². The maximum absolute atomic E-state index is 13.4. The highest BCUT2D eigenvalue weighted by Gasteiger charge is 2.27. The molecule has 0 saturated heterocycles. The van der Waals surface area contributed by atoms with Crippen LogP contribution in [-0.2, 0) is 0 Å². The van der Waals surface area contributed by atoms with Crippen molar-refractivity contribution in [3.8, 4) is 0 Å². The van der Waals surface area contributed by atoms with Crippen LogP contribution in [0.15, 0.2) is 12.3 Å². The lowest BCUT2D eigenvalue weighted by Crippen LogP contribution is -2.39. The molecule has 1 heterocycles. The largest absolute Gasteiger partial charge is 0.372 e. The Morgan fingerprint density at radius 3 is 2.67 bits per heavy atom. The monoisotopic (exact) mass is 293 g/mol. The van der Waals surface area contributed by atoms with Crippen LogP contribution < -0.4 is 5.32 Å². The summed E-state index contributed by atoms with van der Waals surface area (Å²) < 4.78 is 13.4. The first-order chi connectivity index (χ1) is 10.1. The smallest absolute Gasteiger partial charge is 0.257 e. The molecule has 21 heavy (non-hydrogen) atoms. The van der Waals surface area contributed by atoms with E-state index in [0.717, 1.165) is 25.0 Å². The molecule has 0 atom stereocenters.